The van der Waals surface area contributed by atoms with Crippen molar-refractivity contribution in [3.63, 3.8) is 0 Å². The minimum atomic E-state index is -6.11. The number of aryl methyl sites for hydroxylation is 1. The zero-order chi connectivity index (χ0) is 21.0. The molecule has 0 aliphatic rings. The fourth-order valence-electron chi connectivity index (χ4n) is 1.56. The first-order valence-corrected chi connectivity index (χ1v) is 7.64. The zero-order valence-electron chi connectivity index (χ0n) is 14.2. The summed E-state index contributed by atoms with van der Waals surface area (Å²) in [4.78, 5) is 19.1. The molecule has 0 fully saturated rings. The van der Waals surface area contributed by atoms with Gasteiger partial charge in [0.2, 0.25) is 0 Å². The largest absolute Gasteiger partial charge is 0.461 e. The average Bonchev–Trinajstić information content (AvgIpc) is 2.48. The summed E-state index contributed by atoms with van der Waals surface area (Å²) in [5.74, 6) is -0.981. The summed E-state index contributed by atoms with van der Waals surface area (Å²) >= 11 is 5.46. The number of nitrogens with zero attached hydrogens (tertiary/aromatic N) is 2. The first-order chi connectivity index (χ1) is 12.2. The lowest BCUT2D eigenvalue weighted by Gasteiger charge is -2.34. The lowest BCUT2D eigenvalue weighted by molar-refractivity contribution is -0.388. The number of urea groups is 1. The number of hydrogen-bond donors (Lipinski definition) is 2. The van der Waals surface area contributed by atoms with Gasteiger partial charge >= 0.3 is 24.1 Å². The van der Waals surface area contributed by atoms with E-state index in [9.17, 15) is 31.1 Å². The van der Waals surface area contributed by atoms with Gasteiger partial charge in [-0.05, 0) is 24.6 Å². The molecule has 0 saturated heterocycles. The van der Waals surface area contributed by atoms with Crippen molar-refractivity contribution in [3.8, 4) is 0 Å². The summed E-state index contributed by atoms with van der Waals surface area (Å²) in [5, 5.41) is 4.54. The van der Waals surface area contributed by atoms with Gasteiger partial charge in [-0.1, -0.05) is 30.6 Å². The predicted molar refractivity (Wildman–Crippen MR) is 85.2 cm³/mol. The lowest BCUT2D eigenvalue weighted by Crippen LogP contribution is -2.69. The van der Waals surface area contributed by atoms with E-state index < -0.39 is 35.2 Å². The third-order valence-electron chi connectivity index (χ3n) is 2.99. The van der Waals surface area contributed by atoms with Gasteiger partial charge in [-0.15, -0.1) is 0 Å². The second kappa shape index (κ2) is 8.19. The fourth-order valence-corrected chi connectivity index (χ4v) is 1.59. The highest BCUT2D eigenvalue weighted by Gasteiger charge is 2.76. The van der Waals surface area contributed by atoms with E-state index in [4.69, 9.17) is 11.6 Å². The van der Waals surface area contributed by atoms with Crippen LogP contribution in [0, 0.1) is 12.8 Å². The summed E-state index contributed by atoms with van der Waals surface area (Å²) in [6.07, 6.45) is -11.0. The molecular formula is C14H15ClF6N4O2. The molecule has 13 heteroatoms. The summed E-state index contributed by atoms with van der Waals surface area (Å²) in [6, 6.07) is 0.875. The Morgan fingerprint density at radius 3 is 2.22 bits per heavy atom. The third kappa shape index (κ3) is 5.62. The van der Waals surface area contributed by atoms with Crippen LogP contribution in [0.5, 0.6) is 0 Å². The van der Waals surface area contributed by atoms with E-state index in [0.29, 0.717) is 5.56 Å². The van der Waals surface area contributed by atoms with Crippen molar-refractivity contribution in [1.82, 2.24) is 10.3 Å². The van der Waals surface area contributed by atoms with Crippen LogP contribution in [0.2, 0.25) is 0 Å². The van der Waals surface area contributed by atoms with Crippen LogP contribution in [0.15, 0.2) is 23.5 Å². The molecule has 0 unspecified atom stereocenters. The summed E-state index contributed by atoms with van der Waals surface area (Å²) < 4.78 is 79.6. The van der Waals surface area contributed by atoms with Crippen LogP contribution in [-0.2, 0) is 4.84 Å². The maximum absolute atomic E-state index is 13.3. The highest BCUT2D eigenvalue weighted by Crippen LogP contribution is 2.44. The molecule has 6 nitrogen and oxygen atoms in total. The Morgan fingerprint density at radius 2 is 1.78 bits per heavy atom. The quantitative estimate of drug-likeness (QED) is 0.317. The summed E-state index contributed by atoms with van der Waals surface area (Å²) in [6.45, 7) is 4.30. The van der Waals surface area contributed by atoms with Crippen LogP contribution in [0.3, 0.4) is 0 Å². The van der Waals surface area contributed by atoms with Crippen molar-refractivity contribution in [3.05, 3.63) is 23.9 Å². The number of pyridine rings is 1. The number of halogens is 7. The van der Waals surface area contributed by atoms with Gasteiger partial charge in [0, 0.05) is 12.1 Å². The molecule has 152 valence electrons. The summed E-state index contributed by atoms with van der Waals surface area (Å²) in [7, 11) is 0. The van der Waals surface area contributed by atoms with Crippen molar-refractivity contribution < 1.29 is 36.0 Å². The van der Waals surface area contributed by atoms with Crippen molar-refractivity contribution in [2.75, 3.05) is 5.32 Å². The maximum atomic E-state index is 13.3. The van der Waals surface area contributed by atoms with Gasteiger partial charge in [0.05, 0.1) is 0 Å². The van der Waals surface area contributed by atoms with Crippen molar-refractivity contribution in [2.45, 2.75) is 38.8 Å². The van der Waals surface area contributed by atoms with E-state index in [1.54, 1.807) is 12.2 Å². The molecule has 0 atom stereocenters. The normalized spacial score (nSPS) is 13.5. The zero-order valence-corrected chi connectivity index (χ0v) is 14.9. The van der Waals surface area contributed by atoms with Gasteiger partial charge in [0.1, 0.15) is 11.0 Å². The first-order valence-electron chi connectivity index (χ1n) is 7.26. The first kappa shape index (κ1) is 22.8. The Labute approximate surface area is 154 Å². The summed E-state index contributed by atoms with van der Waals surface area (Å²) in [5.41, 5.74) is -4.56. The smallest absolute Gasteiger partial charge is 0.346 e. The molecule has 0 bridgehead atoms. The number of carbonyl (C=O) groups excluding carboxylic acids is 1. The van der Waals surface area contributed by atoms with Gasteiger partial charge in [-0.3, -0.25) is 10.6 Å². The number of hydrogen-bond acceptors (Lipinski definition) is 4. The Morgan fingerprint density at radius 1 is 1.22 bits per heavy atom. The van der Waals surface area contributed by atoms with Crippen LogP contribution >= 0.6 is 11.6 Å². The van der Waals surface area contributed by atoms with Gasteiger partial charge in [0.15, 0.2) is 0 Å². The van der Waals surface area contributed by atoms with E-state index in [-0.39, 0.29) is 5.82 Å². The van der Waals surface area contributed by atoms with E-state index >= 15 is 0 Å². The van der Waals surface area contributed by atoms with Gasteiger partial charge in [0.25, 0.3) is 0 Å². The molecule has 0 saturated carbocycles. The molecule has 0 aliphatic heterocycles. The molecule has 0 radical (unpaired) electrons. The van der Waals surface area contributed by atoms with Gasteiger partial charge < -0.3 is 4.84 Å². The second-order valence-corrected chi connectivity index (χ2v) is 6.02. The molecule has 2 N–H and O–H groups in total. The highest BCUT2D eigenvalue weighted by atomic mass is 35.5. The monoisotopic (exact) mass is 420 g/mol. The van der Waals surface area contributed by atoms with Crippen LogP contribution in [0.1, 0.15) is 19.4 Å². The number of anilines is 1. The number of amides is 2. The second-order valence-electron chi connectivity index (χ2n) is 5.63. The Hall–Kier alpha value is -2.24. The average molecular weight is 421 g/mol. The van der Waals surface area contributed by atoms with Crippen LogP contribution in [0.25, 0.3) is 0 Å². The van der Waals surface area contributed by atoms with E-state index in [1.165, 1.54) is 32.2 Å². The number of aromatic nitrogens is 1. The fraction of sp³-hybridized carbons (Fsp3) is 0.500. The third-order valence-corrected chi connectivity index (χ3v) is 3.50. The Kier molecular flexibility index (Phi) is 6.92. The topological polar surface area (TPSA) is 75.6 Å². The van der Waals surface area contributed by atoms with E-state index in [1.807, 2.05) is 0 Å². The number of oxime groups is 1. The molecule has 2 amide bonds. The Bertz CT molecular complexity index is 692. The molecule has 0 aromatic carbocycles. The number of carbonyl (C=O) groups is 1. The molecular weight excluding hydrogens is 406 g/mol. The molecule has 0 spiro atoms. The van der Waals surface area contributed by atoms with Gasteiger partial charge in [-0.25, -0.2) is 9.78 Å². The van der Waals surface area contributed by atoms with Crippen LogP contribution in [-0.4, -0.2) is 34.3 Å². The number of rotatable bonds is 5. The Balaban J connectivity index is 3.23. The molecule has 0 aliphatic carbocycles. The van der Waals surface area contributed by atoms with Crippen molar-refractivity contribution >= 4 is 28.6 Å². The minimum Gasteiger partial charge on any atom is -0.346 e. The van der Waals surface area contributed by atoms with Crippen LogP contribution in [0.4, 0.5) is 37.0 Å². The molecule has 1 heterocycles. The van der Waals surface area contributed by atoms with E-state index in [2.05, 4.69) is 15.0 Å². The lowest BCUT2D eigenvalue weighted by atomic mass is 10.2. The van der Waals surface area contributed by atoms with Crippen molar-refractivity contribution in [2.24, 2.45) is 11.1 Å². The molecule has 1 aromatic rings. The van der Waals surface area contributed by atoms with Crippen LogP contribution < -0.4 is 10.6 Å². The number of nitrogens with one attached hydrogen (secondary N) is 2. The molecule has 1 aromatic heterocycles. The maximum Gasteiger partial charge on any atom is 0.461 e. The molecule has 1 rings (SSSR count). The minimum absolute atomic E-state index is 0.269. The van der Waals surface area contributed by atoms with Gasteiger partial charge in [-0.2, -0.15) is 26.3 Å². The van der Waals surface area contributed by atoms with E-state index in [0.717, 1.165) is 5.32 Å². The SMILES string of the molecule is Cc1ccnc(NC(=O)NC(ON=C(Cl)C(C)C)(C(F)(F)F)C(F)(F)F)c1. The number of alkyl halides is 6. The standard InChI is InChI=1S/C14H15ClF6N4O2/c1-7(2)10(15)25-27-12(13(16,17)18,14(19,20)21)24-11(26)23-9-6-8(3)4-5-22-9/h4-7H,1-3H3,(H2,22,23,24,26). The molecule has 27 heavy (non-hydrogen) atoms. The predicted octanol–water partition coefficient (Wildman–Crippen LogP) is 4.56. The van der Waals surface area contributed by atoms with Crippen molar-refractivity contribution in [1.29, 1.82) is 0 Å². The highest BCUT2D eigenvalue weighted by molar-refractivity contribution is 6.65.